The molecule has 1 unspecified atom stereocenters. The normalized spacial score (nSPS) is 25.2. The van der Waals surface area contributed by atoms with Gasteiger partial charge >= 0.3 is 5.97 Å². The van der Waals surface area contributed by atoms with Gasteiger partial charge in [-0.15, -0.1) is 0 Å². The predicted molar refractivity (Wildman–Crippen MR) is 112 cm³/mol. The number of hydrogen-bond acceptors (Lipinski definition) is 4. The van der Waals surface area contributed by atoms with E-state index < -0.39 is 15.8 Å². The van der Waals surface area contributed by atoms with Gasteiger partial charge in [0.15, 0.2) is 0 Å². The fourth-order valence-electron chi connectivity index (χ4n) is 3.41. The maximum Gasteiger partial charge on any atom is 0.306 e. The molecule has 0 aliphatic heterocycles. The molecule has 0 aromatic rings. The molecule has 0 aromatic carbocycles. The van der Waals surface area contributed by atoms with E-state index in [9.17, 15) is 13.2 Å². The topological polar surface area (TPSA) is 84.5 Å². The van der Waals surface area contributed by atoms with Gasteiger partial charge in [-0.05, 0) is 58.1 Å². The molecule has 7 heteroatoms. The van der Waals surface area contributed by atoms with Crippen LogP contribution in [0.25, 0.3) is 0 Å². The Labute approximate surface area is 169 Å². The summed E-state index contributed by atoms with van der Waals surface area (Å²) >= 11 is 0. The molecular formula is C21H32N2O4S. The molecule has 156 valence electrons. The summed E-state index contributed by atoms with van der Waals surface area (Å²) in [6.45, 7) is 5.57. The molecule has 2 N–H and O–H groups in total. The zero-order valence-corrected chi connectivity index (χ0v) is 17.8. The molecule has 28 heavy (non-hydrogen) atoms. The number of carbonyl (C=O) groups is 1. The average Bonchev–Trinajstić information content (AvgIpc) is 2.54. The lowest BCUT2D eigenvalue weighted by Gasteiger charge is -2.30. The van der Waals surface area contributed by atoms with Crippen molar-refractivity contribution in [2.75, 3.05) is 0 Å². The highest BCUT2D eigenvalue weighted by Crippen LogP contribution is 2.28. The van der Waals surface area contributed by atoms with E-state index in [1.165, 1.54) is 0 Å². The molecule has 0 bridgehead atoms. The first kappa shape index (κ1) is 22.4. The van der Waals surface area contributed by atoms with Gasteiger partial charge in [-0.25, -0.2) is 0 Å². The summed E-state index contributed by atoms with van der Waals surface area (Å²) in [5.74, 6) is 0.129. The zero-order chi connectivity index (χ0) is 20.6. The standard InChI is InChI=1S/C21H32N2O4S/c1-21(2,3)27-20(24)15-14-17-10-9-13-19(16-17)23-28(25,26)22-18-11-7-5-4-6-8-12-18/h4-8,11-12,17,19,22-23H,9-10,13-16H2,1-3H3/b5-4-,6-4?,7-5?,8-6-,11-7?,12-8?,18-11?,18-12?/t17?,19-/m1/s1. The van der Waals surface area contributed by atoms with Crippen LogP contribution >= 0.6 is 0 Å². The molecule has 2 atom stereocenters. The summed E-state index contributed by atoms with van der Waals surface area (Å²) in [5, 5.41) is 0. The van der Waals surface area contributed by atoms with Crippen LogP contribution in [0.15, 0.2) is 48.2 Å². The quantitative estimate of drug-likeness (QED) is 0.630. The van der Waals surface area contributed by atoms with Gasteiger partial charge in [0.25, 0.3) is 10.2 Å². The van der Waals surface area contributed by atoms with Crippen molar-refractivity contribution >= 4 is 16.2 Å². The van der Waals surface area contributed by atoms with Crippen LogP contribution in [0, 0.1) is 5.92 Å². The molecule has 0 saturated heterocycles. The number of nitrogens with one attached hydrogen (secondary N) is 2. The first-order chi connectivity index (χ1) is 13.1. The van der Waals surface area contributed by atoms with Gasteiger partial charge in [0.05, 0.1) is 0 Å². The van der Waals surface area contributed by atoms with Gasteiger partial charge in [0.2, 0.25) is 0 Å². The average molecular weight is 409 g/mol. The molecule has 6 nitrogen and oxygen atoms in total. The van der Waals surface area contributed by atoms with Gasteiger partial charge in [-0.3, -0.25) is 9.52 Å². The van der Waals surface area contributed by atoms with Crippen LogP contribution in [-0.2, 0) is 19.7 Å². The summed E-state index contributed by atoms with van der Waals surface area (Å²) < 4.78 is 35.7. The maximum atomic E-state index is 12.5. The summed E-state index contributed by atoms with van der Waals surface area (Å²) in [5.41, 5.74) is 0.0314. The van der Waals surface area contributed by atoms with Crippen LogP contribution in [0.1, 0.15) is 59.3 Å². The molecular weight excluding hydrogens is 376 g/mol. The second-order valence-corrected chi connectivity index (χ2v) is 9.78. The van der Waals surface area contributed by atoms with Crippen molar-refractivity contribution in [3.8, 4) is 0 Å². The third kappa shape index (κ3) is 8.89. The lowest BCUT2D eigenvalue weighted by Crippen LogP contribution is -2.44. The highest BCUT2D eigenvalue weighted by molar-refractivity contribution is 7.87. The lowest BCUT2D eigenvalue weighted by molar-refractivity contribution is -0.155. The van der Waals surface area contributed by atoms with Crippen molar-refractivity contribution in [1.29, 1.82) is 0 Å². The Balaban J connectivity index is 1.84. The number of rotatable bonds is 7. The molecule has 2 aliphatic carbocycles. The lowest BCUT2D eigenvalue weighted by atomic mass is 9.83. The van der Waals surface area contributed by atoms with Crippen molar-refractivity contribution in [2.24, 2.45) is 5.92 Å². The SMILES string of the molecule is CC(C)(C)OC(=O)CCC1CCC[C@@H](NS(=O)(=O)NC2=C/C=C\C=C/C=C2)C1. The fraction of sp³-hybridized carbons (Fsp3) is 0.571. The van der Waals surface area contributed by atoms with Crippen LogP contribution in [0.4, 0.5) is 0 Å². The Morgan fingerprint density at radius 3 is 2.61 bits per heavy atom. The van der Waals surface area contributed by atoms with Crippen molar-refractivity contribution < 1.29 is 17.9 Å². The van der Waals surface area contributed by atoms with Crippen molar-refractivity contribution in [3.05, 3.63) is 48.2 Å². The highest BCUT2D eigenvalue weighted by Gasteiger charge is 2.27. The van der Waals surface area contributed by atoms with Gasteiger partial charge in [0.1, 0.15) is 5.60 Å². The van der Waals surface area contributed by atoms with E-state index in [4.69, 9.17) is 4.74 Å². The maximum absolute atomic E-state index is 12.5. The second kappa shape index (κ2) is 10.1. The summed E-state index contributed by atoms with van der Waals surface area (Å²) in [4.78, 5) is 11.9. The number of hydrogen-bond donors (Lipinski definition) is 2. The van der Waals surface area contributed by atoms with E-state index in [0.29, 0.717) is 18.0 Å². The first-order valence-corrected chi connectivity index (χ1v) is 11.3. The second-order valence-electron chi connectivity index (χ2n) is 8.33. The molecule has 1 fully saturated rings. The summed E-state index contributed by atoms with van der Waals surface area (Å²) in [6.07, 6.45) is 17.1. The third-order valence-corrected chi connectivity index (χ3v) is 5.68. The molecule has 0 spiro atoms. The zero-order valence-electron chi connectivity index (χ0n) is 17.0. The van der Waals surface area contributed by atoms with Crippen LogP contribution in [0.3, 0.4) is 0 Å². The fourth-order valence-corrected chi connectivity index (χ4v) is 4.57. The minimum Gasteiger partial charge on any atom is -0.460 e. The molecule has 0 heterocycles. The minimum atomic E-state index is -3.66. The number of carbonyl (C=O) groups excluding carboxylic acids is 1. The molecule has 2 rings (SSSR count). The summed E-state index contributed by atoms with van der Waals surface area (Å²) in [7, 11) is -3.66. The van der Waals surface area contributed by atoms with Gasteiger partial charge in [-0.1, -0.05) is 43.2 Å². The first-order valence-electron chi connectivity index (χ1n) is 9.86. The van der Waals surface area contributed by atoms with E-state index in [-0.39, 0.29) is 12.0 Å². The van der Waals surface area contributed by atoms with Gasteiger partial charge in [-0.2, -0.15) is 13.1 Å². The Morgan fingerprint density at radius 1 is 1.14 bits per heavy atom. The monoisotopic (exact) mass is 408 g/mol. The number of esters is 1. The molecule has 0 aromatic heterocycles. The van der Waals surface area contributed by atoms with Crippen molar-refractivity contribution in [2.45, 2.75) is 70.9 Å². The Kier molecular flexibility index (Phi) is 8.07. The minimum absolute atomic E-state index is 0.122. The Bertz CT molecular complexity index is 758. The molecule has 0 radical (unpaired) electrons. The predicted octanol–water partition coefficient (Wildman–Crippen LogP) is 3.66. The third-order valence-electron chi connectivity index (χ3n) is 4.53. The van der Waals surface area contributed by atoms with E-state index in [1.54, 1.807) is 24.3 Å². The van der Waals surface area contributed by atoms with Crippen molar-refractivity contribution in [3.63, 3.8) is 0 Å². The number of allylic oxidation sites excluding steroid dienone is 7. The van der Waals surface area contributed by atoms with Gasteiger partial charge in [0, 0.05) is 18.2 Å². The van der Waals surface area contributed by atoms with Crippen LogP contribution in [-0.4, -0.2) is 26.0 Å². The van der Waals surface area contributed by atoms with Crippen LogP contribution in [0.5, 0.6) is 0 Å². The van der Waals surface area contributed by atoms with E-state index in [1.807, 2.05) is 39.0 Å². The largest absolute Gasteiger partial charge is 0.460 e. The molecule has 1 saturated carbocycles. The smallest absolute Gasteiger partial charge is 0.306 e. The van der Waals surface area contributed by atoms with Crippen LogP contribution in [0.2, 0.25) is 0 Å². The van der Waals surface area contributed by atoms with Crippen molar-refractivity contribution in [1.82, 2.24) is 9.44 Å². The molecule has 0 amide bonds. The van der Waals surface area contributed by atoms with Gasteiger partial charge < -0.3 is 4.74 Å². The molecule has 2 aliphatic rings. The van der Waals surface area contributed by atoms with Crippen LogP contribution < -0.4 is 9.44 Å². The van der Waals surface area contributed by atoms with E-state index >= 15 is 0 Å². The number of ether oxygens (including phenoxy) is 1. The Hall–Kier alpha value is -1.86. The van der Waals surface area contributed by atoms with E-state index in [0.717, 1.165) is 32.1 Å². The van der Waals surface area contributed by atoms with E-state index in [2.05, 4.69) is 9.44 Å². The highest BCUT2D eigenvalue weighted by atomic mass is 32.2. The Morgan fingerprint density at radius 2 is 1.86 bits per heavy atom. The summed E-state index contributed by atoms with van der Waals surface area (Å²) in [6, 6.07) is -0.122.